The number of halogens is 2. The minimum absolute atomic E-state index is 0.00612. The lowest BCUT2D eigenvalue weighted by molar-refractivity contribution is -0.0495. The molecule has 0 aliphatic heterocycles. The largest absolute Gasteiger partial charge is 0.493 e. The number of nitrogens with one attached hydrogen (secondary N) is 1. The lowest BCUT2D eigenvalue weighted by Gasteiger charge is -2.34. The molecule has 2 rings (SSSR count). The van der Waals surface area contributed by atoms with E-state index in [9.17, 15) is 8.78 Å². The maximum atomic E-state index is 13.3. The summed E-state index contributed by atoms with van der Waals surface area (Å²) in [5, 5.41) is 3.31. The second-order valence-electron chi connectivity index (χ2n) is 5.85. The lowest BCUT2D eigenvalue weighted by atomic mass is 9.79. The number of hydrogen-bond acceptors (Lipinski definition) is 2. The molecule has 1 aromatic carbocycles. The smallest absolute Gasteiger partial charge is 0.248 e. The fourth-order valence-corrected chi connectivity index (χ4v) is 3.12. The van der Waals surface area contributed by atoms with Crippen molar-refractivity contribution in [3.8, 4) is 5.75 Å². The van der Waals surface area contributed by atoms with Gasteiger partial charge in [-0.1, -0.05) is 25.1 Å². The van der Waals surface area contributed by atoms with Crippen LogP contribution in [0.4, 0.5) is 8.78 Å². The Morgan fingerprint density at radius 1 is 1.29 bits per heavy atom. The Hall–Kier alpha value is -1.16. The third-order valence-corrected chi connectivity index (χ3v) is 4.26. The molecule has 1 unspecified atom stereocenters. The Morgan fingerprint density at radius 2 is 1.95 bits per heavy atom. The predicted octanol–water partition coefficient (Wildman–Crippen LogP) is 4.56. The summed E-state index contributed by atoms with van der Waals surface area (Å²) in [5.41, 5.74) is 1.09. The molecule has 0 radical (unpaired) electrons. The molecule has 1 aromatic rings. The summed E-state index contributed by atoms with van der Waals surface area (Å²) in [6, 6.07) is 8.02. The maximum Gasteiger partial charge on any atom is 0.248 e. The van der Waals surface area contributed by atoms with Crippen LogP contribution < -0.4 is 10.1 Å². The molecule has 0 aromatic heterocycles. The van der Waals surface area contributed by atoms with Crippen LogP contribution in [0.25, 0.3) is 0 Å². The Morgan fingerprint density at radius 3 is 2.57 bits per heavy atom. The molecule has 0 heterocycles. The highest BCUT2D eigenvalue weighted by Gasteiger charge is 2.38. The van der Waals surface area contributed by atoms with E-state index in [-0.39, 0.29) is 24.8 Å². The van der Waals surface area contributed by atoms with E-state index in [0.717, 1.165) is 17.7 Å². The van der Waals surface area contributed by atoms with Crippen molar-refractivity contribution in [2.24, 2.45) is 5.92 Å². The second-order valence-corrected chi connectivity index (χ2v) is 5.85. The predicted molar refractivity (Wildman–Crippen MR) is 80.9 cm³/mol. The number of benzene rings is 1. The number of rotatable bonds is 6. The molecule has 4 heteroatoms. The van der Waals surface area contributed by atoms with Crippen LogP contribution in [0, 0.1) is 5.92 Å². The zero-order valence-corrected chi connectivity index (χ0v) is 12.9. The third kappa shape index (κ3) is 4.16. The molecule has 0 bridgehead atoms. The Bertz CT molecular complexity index is 440. The zero-order chi connectivity index (χ0) is 15.3. The van der Waals surface area contributed by atoms with E-state index >= 15 is 0 Å². The standard InChI is InChI=1S/C17H25F2NO/c1-3-12-21-15-7-5-4-6-14(15)16(20-2)13-8-10-17(18,19)11-9-13/h4-7,13,16,20H,3,8-12H2,1-2H3. The van der Waals surface area contributed by atoms with Crippen LogP contribution >= 0.6 is 0 Å². The number of alkyl halides is 2. The van der Waals surface area contributed by atoms with Gasteiger partial charge in [0.2, 0.25) is 5.92 Å². The summed E-state index contributed by atoms with van der Waals surface area (Å²) in [4.78, 5) is 0. The van der Waals surface area contributed by atoms with Crippen molar-refractivity contribution in [2.75, 3.05) is 13.7 Å². The highest BCUT2D eigenvalue weighted by Crippen LogP contribution is 2.42. The summed E-state index contributed by atoms with van der Waals surface area (Å²) in [6.45, 7) is 2.75. The van der Waals surface area contributed by atoms with Crippen LogP contribution in [0.3, 0.4) is 0 Å². The molecule has 1 atom stereocenters. The van der Waals surface area contributed by atoms with Gasteiger partial charge in [0.1, 0.15) is 5.75 Å². The summed E-state index contributed by atoms with van der Waals surface area (Å²) in [5.74, 6) is -1.37. The van der Waals surface area contributed by atoms with Crippen molar-refractivity contribution in [3.63, 3.8) is 0 Å². The maximum absolute atomic E-state index is 13.3. The Balaban J connectivity index is 2.14. The average Bonchev–Trinajstić information content (AvgIpc) is 2.48. The molecule has 2 nitrogen and oxygen atoms in total. The molecule has 1 aliphatic carbocycles. The van der Waals surface area contributed by atoms with Crippen LogP contribution in [0.2, 0.25) is 0 Å². The van der Waals surface area contributed by atoms with E-state index in [1.807, 2.05) is 31.3 Å². The summed E-state index contributed by atoms with van der Waals surface area (Å²) >= 11 is 0. The van der Waals surface area contributed by atoms with E-state index in [1.54, 1.807) is 0 Å². The van der Waals surface area contributed by atoms with Gasteiger partial charge in [-0.25, -0.2) is 8.78 Å². The highest BCUT2D eigenvalue weighted by atomic mass is 19.3. The molecule has 0 saturated heterocycles. The van der Waals surface area contributed by atoms with Gasteiger partial charge in [-0.15, -0.1) is 0 Å². The first kappa shape index (κ1) is 16.2. The lowest BCUT2D eigenvalue weighted by Crippen LogP contribution is -2.32. The van der Waals surface area contributed by atoms with Crippen molar-refractivity contribution >= 4 is 0 Å². The highest BCUT2D eigenvalue weighted by molar-refractivity contribution is 5.36. The van der Waals surface area contributed by atoms with Crippen LogP contribution in [-0.4, -0.2) is 19.6 Å². The molecule has 118 valence electrons. The van der Waals surface area contributed by atoms with Gasteiger partial charge in [-0.2, -0.15) is 0 Å². The van der Waals surface area contributed by atoms with Gasteiger partial charge >= 0.3 is 0 Å². The topological polar surface area (TPSA) is 21.3 Å². The molecule has 1 fully saturated rings. The quantitative estimate of drug-likeness (QED) is 0.831. The van der Waals surface area contributed by atoms with Crippen LogP contribution in [0.15, 0.2) is 24.3 Å². The van der Waals surface area contributed by atoms with Crippen molar-refractivity contribution in [1.29, 1.82) is 0 Å². The first-order valence-corrected chi connectivity index (χ1v) is 7.84. The fourth-order valence-electron chi connectivity index (χ4n) is 3.12. The minimum atomic E-state index is -2.48. The average molecular weight is 297 g/mol. The van der Waals surface area contributed by atoms with Crippen LogP contribution in [-0.2, 0) is 0 Å². The number of ether oxygens (including phenoxy) is 1. The molecule has 21 heavy (non-hydrogen) atoms. The monoisotopic (exact) mass is 297 g/mol. The van der Waals surface area contributed by atoms with Gasteiger partial charge in [0.25, 0.3) is 0 Å². The van der Waals surface area contributed by atoms with Gasteiger partial charge in [0.05, 0.1) is 6.61 Å². The Kier molecular flexibility index (Phi) is 5.57. The van der Waals surface area contributed by atoms with Crippen LogP contribution in [0.1, 0.15) is 50.6 Å². The zero-order valence-electron chi connectivity index (χ0n) is 12.9. The normalized spacial score (nSPS) is 20.2. The van der Waals surface area contributed by atoms with E-state index in [2.05, 4.69) is 12.2 Å². The minimum Gasteiger partial charge on any atom is -0.493 e. The summed E-state index contributed by atoms with van der Waals surface area (Å²) < 4.78 is 32.5. The molecular formula is C17H25F2NO. The van der Waals surface area contributed by atoms with Crippen molar-refractivity contribution in [2.45, 2.75) is 51.0 Å². The molecule has 0 amide bonds. The SMILES string of the molecule is CCCOc1ccccc1C(NC)C1CCC(F)(F)CC1. The van der Waals surface area contributed by atoms with E-state index < -0.39 is 5.92 Å². The van der Waals surface area contributed by atoms with Gasteiger partial charge in [-0.3, -0.25) is 0 Å². The Labute approximate surface area is 125 Å². The molecule has 1 saturated carbocycles. The summed E-state index contributed by atoms with van der Waals surface area (Å²) in [7, 11) is 1.90. The number of para-hydroxylation sites is 1. The molecular weight excluding hydrogens is 272 g/mol. The number of hydrogen-bond donors (Lipinski definition) is 1. The first-order chi connectivity index (χ1) is 10.1. The van der Waals surface area contributed by atoms with E-state index in [0.29, 0.717) is 19.4 Å². The van der Waals surface area contributed by atoms with Crippen molar-refractivity contribution in [3.05, 3.63) is 29.8 Å². The fraction of sp³-hybridized carbons (Fsp3) is 0.647. The van der Waals surface area contributed by atoms with E-state index in [4.69, 9.17) is 4.74 Å². The summed E-state index contributed by atoms with van der Waals surface area (Å²) in [6.07, 6.45) is 2.05. The molecule has 1 N–H and O–H groups in total. The van der Waals surface area contributed by atoms with Crippen molar-refractivity contribution in [1.82, 2.24) is 5.32 Å². The second kappa shape index (κ2) is 7.21. The van der Waals surface area contributed by atoms with Crippen LogP contribution in [0.5, 0.6) is 5.75 Å². The molecule has 1 aliphatic rings. The van der Waals surface area contributed by atoms with Gasteiger partial charge in [-0.05, 0) is 38.3 Å². The first-order valence-electron chi connectivity index (χ1n) is 7.84. The van der Waals surface area contributed by atoms with Gasteiger partial charge < -0.3 is 10.1 Å². The third-order valence-electron chi connectivity index (χ3n) is 4.26. The molecule has 0 spiro atoms. The van der Waals surface area contributed by atoms with Gasteiger partial charge in [0, 0.05) is 24.4 Å². The van der Waals surface area contributed by atoms with Gasteiger partial charge in [0.15, 0.2) is 0 Å². The van der Waals surface area contributed by atoms with Crippen molar-refractivity contribution < 1.29 is 13.5 Å². The van der Waals surface area contributed by atoms with E-state index in [1.165, 1.54) is 0 Å².